The van der Waals surface area contributed by atoms with Crippen LogP contribution in [-0.4, -0.2) is 51.3 Å². The van der Waals surface area contributed by atoms with Gasteiger partial charge in [-0.2, -0.15) is 0 Å². The third kappa shape index (κ3) is 5.36. The van der Waals surface area contributed by atoms with Crippen LogP contribution in [0.4, 0.5) is 0 Å². The van der Waals surface area contributed by atoms with Gasteiger partial charge in [-0.05, 0) is 70.6 Å². The van der Waals surface area contributed by atoms with Gasteiger partial charge in [0.25, 0.3) is 0 Å². The highest BCUT2D eigenvalue weighted by Crippen LogP contribution is 2.28. The van der Waals surface area contributed by atoms with Crippen LogP contribution >= 0.6 is 0 Å². The third-order valence-electron chi connectivity index (χ3n) is 4.11. The van der Waals surface area contributed by atoms with Crippen molar-refractivity contribution in [2.75, 3.05) is 46.4 Å². The van der Waals surface area contributed by atoms with Gasteiger partial charge in [-0.1, -0.05) is 0 Å². The van der Waals surface area contributed by atoms with Crippen LogP contribution in [0.2, 0.25) is 0 Å². The minimum Gasteiger partial charge on any atom is -0.380 e. The van der Waals surface area contributed by atoms with Gasteiger partial charge < -0.3 is 15.0 Å². The predicted molar refractivity (Wildman–Crippen MR) is 71.3 cm³/mol. The van der Waals surface area contributed by atoms with Crippen molar-refractivity contribution in [2.24, 2.45) is 11.8 Å². The molecular formula is C14H28N2O. The maximum Gasteiger partial charge on any atom is 0.0593 e. The number of hydrogen-bond donors (Lipinski definition) is 1. The largest absolute Gasteiger partial charge is 0.380 e. The highest BCUT2D eigenvalue weighted by molar-refractivity contribution is 4.74. The molecule has 0 aromatic heterocycles. The number of piperidine rings is 1. The number of hydrogen-bond acceptors (Lipinski definition) is 3. The van der Waals surface area contributed by atoms with Crippen molar-refractivity contribution >= 4 is 0 Å². The molecule has 0 amide bonds. The second-order valence-corrected chi connectivity index (χ2v) is 5.70. The molecule has 0 aromatic carbocycles. The van der Waals surface area contributed by atoms with E-state index < -0.39 is 0 Å². The Bertz CT molecular complexity index is 198. The van der Waals surface area contributed by atoms with Gasteiger partial charge in [0, 0.05) is 13.2 Å². The highest BCUT2D eigenvalue weighted by Gasteiger charge is 2.22. The monoisotopic (exact) mass is 240 g/mol. The van der Waals surface area contributed by atoms with Crippen molar-refractivity contribution in [1.82, 2.24) is 10.2 Å². The Morgan fingerprint density at radius 2 is 1.88 bits per heavy atom. The molecule has 1 saturated carbocycles. The molecule has 0 unspecified atom stereocenters. The van der Waals surface area contributed by atoms with E-state index in [1.807, 2.05) is 7.05 Å². The fourth-order valence-electron chi connectivity index (χ4n) is 2.58. The zero-order valence-electron chi connectivity index (χ0n) is 11.3. The summed E-state index contributed by atoms with van der Waals surface area (Å²) in [5, 5.41) is 3.25. The third-order valence-corrected chi connectivity index (χ3v) is 4.11. The van der Waals surface area contributed by atoms with Gasteiger partial charge in [0.1, 0.15) is 0 Å². The first-order chi connectivity index (χ1) is 8.38. The van der Waals surface area contributed by atoms with Gasteiger partial charge in [-0.15, -0.1) is 0 Å². The van der Waals surface area contributed by atoms with Crippen molar-refractivity contribution in [3.05, 3.63) is 0 Å². The summed E-state index contributed by atoms with van der Waals surface area (Å²) in [6, 6.07) is 0. The lowest BCUT2D eigenvalue weighted by Crippen LogP contribution is -2.36. The Morgan fingerprint density at radius 1 is 1.12 bits per heavy atom. The van der Waals surface area contributed by atoms with Gasteiger partial charge in [-0.25, -0.2) is 0 Å². The second-order valence-electron chi connectivity index (χ2n) is 5.70. The number of rotatable bonds is 8. The molecule has 2 rings (SSSR count). The fourth-order valence-corrected chi connectivity index (χ4v) is 2.58. The van der Waals surface area contributed by atoms with Crippen molar-refractivity contribution in [3.63, 3.8) is 0 Å². The second kappa shape index (κ2) is 7.34. The van der Waals surface area contributed by atoms with Gasteiger partial charge in [-0.3, -0.25) is 0 Å². The van der Waals surface area contributed by atoms with Crippen LogP contribution in [0, 0.1) is 11.8 Å². The number of nitrogens with zero attached hydrogens (tertiary/aromatic N) is 1. The highest BCUT2D eigenvalue weighted by atomic mass is 16.5. The smallest absolute Gasteiger partial charge is 0.0593 e. The Kier molecular flexibility index (Phi) is 5.75. The topological polar surface area (TPSA) is 24.5 Å². The van der Waals surface area contributed by atoms with E-state index in [1.54, 1.807) is 0 Å². The van der Waals surface area contributed by atoms with Crippen LogP contribution in [0.3, 0.4) is 0 Å². The lowest BCUT2D eigenvalue weighted by Gasteiger charge is -2.31. The van der Waals surface area contributed by atoms with Crippen molar-refractivity contribution in [1.29, 1.82) is 0 Å². The summed E-state index contributed by atoms with van der Waals surface area (Å²) in [7, 11) is 2.05. The summed E-state index contributed by atoms with van der Waals surface area (Å²) in [5.41, 5.74) is 0. The lowest BCUT2D eigenvalue weighted by atomic mass is 9.93. The van der Waals surface area contributed by atoms with Gasteiger partial charge >= 0.3 is 0 Å². The Morgan fingerprint density at radius 3 is 2.53 bits per heavy atom. The van der Waals surface area contributed by atoms with Crippen LogP contribution in [0.15, 0.2) is 0 Å². The first kappa shape index (κ1) is 13.3. The Balaban J connectivity index is 1.46. The first-order valence-electron chi connectivity index (χ1n) is 7.33. The predicted octanol–water partition coefficient (Wildman–Crippen LogP) is 1.73. The molecule has 2 aliphatic rings. The molecule has 3 nitrogen and oxygen atoms in total. The van der Waals surface area contributed by atoms with Gasteiger partial charge in [0.05, 0.1) is 6.61 Å². The molecule has 0 bridgehead atoms. The minimum atomic E-state index is 0.905. The average Bonchev–Trinajstić information content (AvgIpc) is 3.18. The normalized spacial score (nSPS) is 23.1. The molecule has 1 aliphatic heterocycles. The molecule has 0 radical (unpaired) electrons. The summed E-state index contributed by atoms with van der Waals surface area (Å²) in [4.78, 5) is 2.57. The number of likely N-dealkylation sites (tertiary alicyclic amines) is 1. The van der Waals surface area contributed by atoms with Crippen LogP contribution in [-0.2, 0) is 4.74 Å². The molecule has 1 aliphatic carbocycles. The number of ether oxygens (including phenoxy) is 1. The molecule has 1 heterocycles. The molecule has 17 heavy (non-hydrogen) atoms. The Labute approximate surface area is 106 Å². The van der Waals surface area contributed by atoms with E-state index in [0.29, 0.717) is 0 Å². The van der Waals surface area contributed by atoms with E-state index in [2.05, 4.69) is 10.2 Å². The van der Waals surface area contributed by atoms with Gasteiger partial charge in [0.15, 0.2) is 0 Å². The SMILES string of the molecule is CNCCC1CCN(CCOCC2CC2)CC1. The minimum absolute atomic E-state index is 0.905. The summed E-state index contributed by atoms with van der Waals surface area (Å²) in [6.07, 6.45) is 6.91. The van der Waals surface area contributed by atoms with E-state index in [9.17, 15) is 0 Å². The fraction of sp³-hybridized carbons (Fsp3) is 1.00. The molecule has 0 aromatic rings. The maximum absolute atomic E-state index is 5.70. The average molecular weight is 240 g/mol. The molecular weight excluding hydrogens is 212 g/mol. The summed E-state index contributed by atoms with van der Waals surface area (Å²) >= 11 is 0. The standard InChI is InChI=1S/C14H28N2O/c1-15-7-4-13-5-8-16(9-6-13)10-11-17-12-14-2-3-14/h13-15H,2-12H2,1H3. The summed E-state index contributed by atoms with van der Waals surface area (Å²) in [5.74, 6) is 1.85. The van der Waals surface area contributed by atoms with Crippen LogP contribution < -0.4 is 5.32 Å². The van der Waals surface area contributed by atoms with Crippen molar-refractivity contribution in [3.8, 4) is 0 Å². The summed E-state index contributed by atoms with van der Waals surface area (Å²) < 4.78 is 5.70. The van der Waals surface area contributed by atoms with E-state index in [-0.39, 0.29) is 0 Å². The zero-order valence-corrected chi connectivity index (χ0v) is 11.3. The quantitative estimate of drug-likeness (QED) is 0.654. The van der Waals surface area contributed by atoms with Crippen LogP contribution in [0.25, 0.3) is 0 Å². The lowest BCUT2D eigenvalue weighted by molar-refractivity contribution is 0.0819. The van der Waals surface area contributed by atoms with Crippen LogP contribution in [0.5, 0.6) is 0 Å². The maximum atomic E-state index is 5.70. The molecule has 0 atom stereocenters. The molecule has 100 valence electrons. The van der Waals surface area contributed by atoms with E-state index in [1.165, 1.54) is 51.7 Å². The molecule has 0 spiro atoms. The number of nitrogens with one attached hydrogen (secondary N) is 1. The van der Waals surface area contributed by atoms with Crippen molar-refractivity contribution < 1.29 is 4.74 Å². The van der Waals surface area contributed by atoms with E-state index in [0.717, 1.165) is 31.6 Å². The molecule has 1 saturated heterocycles. The first-order valence-corrected chi connectivity index (χ1v) is 7.33. The molecule has 2 fully saturated rings. The van der Waals surface area contributed by atoms with E-state index >= 15 is 0 Å². The zero-order chi connectivity index (χ0) is 11.9. The van der Waals surface area contributed by atoms with E-state index in [4.69, 9.17) is 4.74 Å². The molecule has 1 N–H and O–H groups in total. The van der Waals surface area contributed by atoms with Crippen LogP contribution in [0.1, 0.15) is 32.1 Å². The summed E-state index contributed by atoms with van der Waals surface area (Å²) in [6.45, 7) is 6.83. The van der Waals surface area contributed by atoms with Gasteiger partial charge in [0.2, 0.25) is 0 Å². The Hall–Kier alpha value is -0.120. The van der Waals surface area contributed by atoms with Crippen molar-refractivity contribution in [2.45, 2.75) is 32.1 Å². The molecule has 3 heteroatoms.